The Morgan fingerprint density at radius 3 is 2.30 bits per heavy atom. The van der Waals surface area contributed by atoms with Crippen molar-refractivity contribution < 1.29 is 19.5 Å². The second kappa shape index (κ2) is 6.65. The number of carbonyl (C=O) groups excluding carboxylic acids is 2. The van der Waals surface area contributed by atoms with Gasteiger partial charge in [-0.05, 0) is 18.1 Å². The summed E-state index contributed by atoms with van der Waals surface area (Å²) in [6.45, 7) is 3.62. The first-order valence-electron chi connectivity index (χ1n) is 6.08. The molecule has 0 fully saturated rings. The molecule has 1 rings (SSSR count). The van der Waals surface area contributed by atoms with Crippen LogP contribution < -0.4 is 10.6 Å². The fourth-order valence-corrected chi connectivity index (χ4v) is 1.57. The van der Waals surface area contributed by atoms with Crippen molar-refractivity contribution in [2.24, 2.45) is 5.92 Å². The molecule has 0 aliphatic carbocycles. The number of carboxylic acid groups (broad SMARTS) is 1. The van der Waals surface area contributed by atoms with Gasteiger partial charge in [0.1, 0.15) is 11.7 Å². The minimum atomic E-state index is -1.16. The molecule has 3 N–H and O–H groups in total. The average Bonchev–Trinajstić information content (AvgIpc) is 2.43. The number of aromatic nitrogens is 1. The highest BCUT2D eigenvalue weighted by atomic mass is 16.4. The number of nitrogens with one attached hydrogen (secondary N) is 2. The van der Waals surface area contributed by atoms with Gasteiger partial charge in [0, 0.05) is 13.2 Å². The molecule has 1 unspecified atom stereocenters. The summed E-state index contributed by atoms with van der Waals surface area (Å²) < 4.78 is 0. The molecule has 0 aromatic carbocycles. The molecule has 1 heterocycles. The number of hydrogen-bond donors (Lipinski definition) is 3. The van der Waals surface area contributed by atoms with Gasteiger partial charge in [0.25, 0.3) is 5.91 Å². The third-order valence-electron chi connectivity index (χ3n) is 2.73. The first-order chi connectivity index (χ1) is 9.36. The first kappa shape index (κ1) is 15.6. The van der Waals surface area contributed by atoms with Crippen LogP contribution in [0.25, 0.3) is 0 Å². The number of aromatic carboxylic acids is 1. The summed E-state index contributed by atoms with van der Waals surface area (Å²) in [4.78, 5) is 37.9. The van der Waals surface area contributed by atoms with Crippen LogP contribution in [-0.2, 0) is 4.79 Å². The number of carboxylic acids is 1. The fourth-order valence-electron chi connectivity index (χ4n) is 1.57. The third kappa shape index (κ3) is 3.78. The van der Waals surface area contributed by atoms with Crippen LogP contribution >= 0.6 is 0 Å². The van der Waals surface area contributed by atoms with E-state index in [1.54, 1.807) is 0 Å². The molecule has 0 aliphatic heterocycles. The first-order valence-corrected chi connectivity index (χ1v) is 6.08. The van der Waals surface area contributed by atoms with Gasteiger partial charge in [-0.2, -0.15) is 0 Å². The zero-order valence-electron chi connectivity index (χ0n) is 11.5. The lowest BCUT2D eigenvalue weighted by atomic mass is 10.0. The number of likely N-dealkylation sites (N-methyl/N-ethyl adjacent to an activating group) is 1. The van der Waals surface area contributed by atoms with Crippen molar-refractivity contribution in [3.05, 3.63) is 29.6 Å². The highest BCUT2D eigenvalue weighted by Crippen LogP contribution is 2.05. The summed E-state index contributed by atoms with van der Waals surface area (Å²) in [5.74, 6) is -2.01. The molecule has 0 aliphatic rings. The molecule has 0 saturated carbocycles. The van der Waals surface area contributed by atoms with E-state index in [4.69, 9.17) is 5.11 Å². The molecule has 0 saturated heterocycles. The zero-order chi connectivity index (χ0) is 15.3. The Balaban J connectivity index is 2.84. The van der Waals surface area contributed by atoms with Crippen LogP contribution in [0, 0.1) is 5.92 Å². The van der Waals surface area contributed by atoms with E-state index in [-0.39, 0.29) is 23.1 Å². The number of pyridine rings is 1. The van der Waals surface area contributed by atoms with Gasteiger partial charge in [0.05, 0.1) is 5.56 Å². The van der Waals surface area contributed by atoms with Crippen LogP contribution in [0.4, 0.5) is 0 Å². The Hall–Kier alpha value is -2.44. The van der Waals surface area contributed by atoms with Gasteiger partial charge in [0.15, 0.2) is 0 Å². The van der Waals surface area contributed by atoms with E-state index in [1.807, 2.05) is 13.8 Å². The van der Waals surface area contributed by atoms with Crippen LogP contribution in [0.5, 0.6) is 0 Å². The highest BCUT2D eigenvalue weighted by Gasteiger charge is 2.23. The molecule has 2 amide bonds. The largest absolute Gasteiger partial charge is 0.477 e. The third-order valence-corrected chi connectivity index (χ3v) is 2.73. The maximum absolute atomic E-state index is 12.0. The Kier molecular flexibility index (Phi) is 5.19. The molecule has 0 spiro atoms. The molecule has 1 atom stereocenters. The number of nitrogens with zero attached hydrogens (tertiary/aromatic N) is 1. The maximum atomic E-state index is 12.0. The van der Waals surface area contributed by atoms with E-state index in [9.17, 15) is 14.4 Å². The van der Waals surface area contributed by atoms with Gasteiger partial charge in [-0.25, -0.2) is 9.78 Å². The summed E-state index contributed by atoms with van der Waals surface area (Å²) in [6.07, 6.45) is 1.17. The molecule has 1 aromatic rings. The molecule has 20 heavy (non-hydrogen) atoms. The minimum absolute atomic E-state index is 0.0786. The quantitative estimate of drug-likeness (QED) is 0.717. The van der Waals surface area contributed by atoms with E-state index >= 15 is 0 Å². The maximum Gasteiger partial charge on any atom is 0.354 e. The molecule has 1 aromatic heterocycles. The Morgan fingerprint density at radius 2 is 1.90 bits per heavy atom. The fraction of sp³-hybridized carbons (Fsp3) is 0.385. The van der Waals surface area contributed by atoms with Gasteiger partial charge in [-0.15, -0.1) is 0 Å². The van der Waals surface area contributed by atoms with Crippen LogP contribution in [0.3, 0.4) is 0 Å². The molecule has 0 radical (unpaired) electrons. The van der Waals surface area contributed by atoms with Gasteiger partial charge < -0.3 is 15.7 Å². The van der Waals surface area contributed by atoms with Crippen LogP contribution in [0.2, 0.25) is 0 Å². The van der Waals surface area contributed by atoms with Crippen molar-refractivity contribution in [3.8, 4) is 0 Å². The van der Waals surface area contributed by atoms with E-state index in [1.165, 1.54) is 25.4 Å². The minimum Gasteiger partial charge on any atom is -0.477 e. The summed E-state index contributed by atoms with van der Waals surface area (Å²) in [5.41, 5.74) is 0.0535. The standard InChI is InChI=1S/C13H17N3O4/c1-7(2)10(12(18)14-3)16-11(17)8-4-5-9(13(19)20)15-6-8/h4-7,10H,1-3H3,(H,14,18)(H,16,17)(H,19,20). The predicted molar refractivity (Wildman–Crippen MR) is 71.4 cm³/mol. The van der Waals surface area contributed by atoms with Crippen LogP contribution in [0.1, 0.15) is 34.7 Å². The lowest BCUT2D eigenvalue weighted by molar-refractivity contribution is -0.123. The Morgan fingerprint density at radius 1 is 1.25 bits per heavy atom. The summed E-state index contributed by atoms with van der Waals surface area (Å²) >= 11 is 0. The van der Waals surface area contributed by atoms with Gasteiger partial charge >= 0.3 is 5.97 Å². The highest BCUT2D eigenvalue weighted by molar-refractivity contribution is 5.97. The predicted octanol–water partition coefficient (Wildman–Crippen LogP) is 0.280. The second-order valence-electron chi connectivity index (χ2n) is 4.55. The van der Waals surface area contributed by atoms with Gasteiger partial charge in [-0.3, -0.25) is 9.59 Å². The van der Waals surface area contributed by atoms with E-state index in [0.29, 0.717) is 0 Å². The molecular formula is C13H17N3O4. The molecular weight excluding hydrogens is 262 g/mol. The Bertz CT molecular complexity index is 511. The lowest BCUT2D eigenvalue weighted by Crippen LogP contribution is -2.48. The van der Waals surface area contributed by atoms with E-state index < -0.39 is 17.9 Å². The Labute approximate surface area is 116 Å². The van der Waals surface area contributed by atoms with Gasteiger partial charge in [0.2, 0.25) is 5.91 Å². The summed E-state index contributed by atoms with van der Waals surface area (Å²) in [6, 6.07) is 1.93. The van der Waals surface area contributed by atoms with Crippen molar-refractivity contribution in [2.75, 3.05) is 7.05 Å². The second-order valence-corrected chi connectivity index (χ2v) is 4.55. The molecule has 7 heteroatoms. The van der Waals surface area contributed by atoms with Crippen molar-refractivity contribution >= 4 is 17.8 Å². The number of rotatable bonds is 5. The van der Waals surface area contributed by atoms with E-state index in [2.05, 4.69) is 15.6 Å². The molecule has 0 bridgehead atoms. The number of amides is 2. The number of carbonyl (C=O) groups is 3. The van der Waals surface area contributed by atoms with Crippen molar-refractivity contribution in [3.63, 3.8) is 0 Å². The summed E-state index contributed by atoms with van der Waals surface area (Å²) in [5, 5.41) is 13.8. The van der Waals surface area contributed by atoms with E-state index in [0.717, 1.165) is 0 Å². The summed E-state index contributed by atoms with van der Waals surface area (Å²) in [7, 11) is 1.49. The number of hydrogen-bond acceptors (Lipinski definition) is 4. The average molecular weight is 279 g/mol. The zero-order valence-corrected chi connectivity index (χ0v) is 11.5. The molecule has 108 valence electrons. The normalized spacial score (nSPS) is 11.8. The lowest BCUT2D eigenvalue weighted by Gasteiger charge is -2.20. The SMILES string of the molecule is CNC(=O)C(NC(=O)c1ccc(C(=O)O)nc1)C(C)C. The van der Waals surface area contributed by atoms with Crippen LogP contribution in [0.15, 0.2) is 18.3 Å². The van der Waals surface area contributed by atoms with Crippen molar-refractivity contribution in [1.29, 1.82) is 0 Å². The smallest absolute Gasteiger partial charge is 0.354 e. The van der Waals surface area contributed by atoms with Crippen LogP contribution in [-0.4, -0.2) is 41.0 Å². The van der Waals surface area contributed by atoms with Gasteiger partial charge in [-0.1, -0.05) is 13.8 Å². The van der Waals surface area contributed by atoms with Crippen molar-refractivity contribution in [2.45, 2.75) is 19.9 Å². The molecule has 7 nitrogen and oxygen atoms in total. The monoisotopic (exact) mass is 279 g/mol. The van der Waals surface area contributed by atoms with Crippen molar-refractivity contribution in [1.82, 2.24) is 15.6 Å². The topological polar surface area (TPSA) is 108 Å².